The number of nitrogens with one attached hydrogen (secondary N) is 1. The van der Waals surface area contributed by atoms with Crippen molar-refractivity contribution < 1.29 is 4.79 Å². The van der Waals surface area contributed by atoms with Crippen LogP contribution in [-0.4, -0.2) is 23.9 Å². The third-order valence-electron chi connectivity index (χ3n) is 6.99. The van der Waals surface area contributed by atoms with Crippen molar-refractivity contribution in [2.75, 3.05) is 13.1 Å². The zero-order chi connectivity index (χ0) is 20.9. The fourth-order valence-electron chi connectivity index (χ4n) is 4.87. The van der Waals surface area contributed by atoms with E-state index in [0.717, 1.165) is 24.4 Å². The van der Waals surface area contributed by atoms with Gasteiger partial charge in [-0.2, -0.15) is 0 Å². The average Bonchev–Trinajstić information content (AvgIpc) is 2.79. The van der Waals surface area contributed by atoms with Crippen molar-refractivity contribution in [1.82, 2.24) is 10.2 Å². The minimum absolute atomic E-state index is 0.0258. The molecule has 0 saturated carbocycles. The highest BCUT2D eigenvalue weighted by atomic mass is 16.1. The molecule has 30 heavy (non-hydrogen) atoms. The van der Waals surface area contributed by atoms with Gasteiger partial charge in [0.2, 0.25) is 0 Å². The number of hydrogen-bond acceptors (Lipinski definition) is 2. The molecule has 1 atom stereocenters. The minimum atomic E-state index is 0.0258. The van der Waals surface area contributed by atoms with Crippen LogP contribution in [0.1, 0.15) is 84.6 Å². The van der Waals surface area contributed by atoms with Gasteiger partial charge in [0.1, 0.15) is 0 Å². The molecule has 0 radical (unpaired) electrons. The second kappa shape index (κ2) is 9.78. The second-order valence-corrected chi connectivity index (χ2v) is 9.33. The Bertz CT molecular complexity index is 850. The van der Waals surface area contributed by atoms with Crippen molar-refractivity contribution in [1.29, 1.82) is 0 Å². The summed E-state index contributed by atoms with van der Waals surface area (Å²) in [7, 11) is 0. The van der Waals surface area contributed by atoms with Crippen molar-refractivity contribution in [3.63, 3.8) is 0 Å². The number of piperidine rings is 1. The number of carbonyl (C=O) groups is 1. The van der Waals surface area contributed by atoms with E-state index in [-0.39, 0.29) is 11.9 Å². The molecule has 1 aliphatic carbocycles. The highest BCUT2D eigenvalue weighted by Gasteiger charge is 2.18. The quantitative estimate of drug-likeness (QED) is 0.672. The highest BCUT2D eigenvalue weighted by Crippen LogP contribution is 2.26. The molecule has 2 aliphatic rings. The molecule has 3 heteroatoms. The largest absolute Gasteiger partial charge is 0.345 e. The molecule has 1 saturated heterocycles. The smallest absolute Gasteiger partial charge is 0.251 e. The van der Waals surface area contributed by atoms with Crippen molar-refractivity contribution in [2.24, 2.45) is 5.92 Å². The molecule has 1 N–H and O–H groups in total. The van der Waals surface area contributed by atoms with Gasteiger partial charge in [-0.3, -0.25) is 9.69 Å². The number of benzene rings is 2. The lowest BCUT2D eigenvalue weighted by Crippen LogP contribution is -2.32. The zero-order valence-electron chi connectivity index (χ0n) is 18.6. The maximum absolute atomic E-state index is 12.9. The van der Waals surface area contributed by atoms with Crippen LogP contribution >= 0.6 is 0 Å². The van der Waals surface area contributed by atoms with Crippen LogP contribution in [0.25, 0.3) is 0 Å². The number of nitrogens with zero attached hydrogens (tertiary/aromatic N) is 1. The lowest BCUT2D eigenvalue weighted by Gasteiger charge is -2.30. The fraction of sp³-hybridized carbons (Fsp3) is 0.519. The standard InChI is InChI=1S/C27H36N2O/c1-3-26(25-13-12-22-6-4-5-7-24(22)18-25)28-27(30)23-10-8-21(9-11-23)19-29-16-14-20(2)15-17-29/h8-13,18,20,26H,3-7,14-17,19H2,1-2H3,(H,28,30)/t26-/m1/s1. The van der Waals surface area contributed by atoms with Gasteiger partial charge in [0.25, 0.3) is 5.91 Å². The van der Waals surface area contributed by atoms with Crippen molar-refractivity contribution in [3.8, 4) is 0 Å². The van der Waals surface area contributed by atoms with Gasteiger partial charge in [-0.25, -0.2) is 0 Å². The van der Waals surface area contributed by atoms with Crippen LogP contribution in [0.2, 0.25) is 0 Å². The van der Waals surface area contributed by atoms with Crippen LogP contribution in [0, 0.1) is 5.92 Å². The number of aryl methyl sites for hydroxylation is 2. The summed E-state index contributed by atoms with van der Waals surface area (Å²) >= 11 is 0. The van der Waals surface area contributed by atoms with Gasteiger partial charge >= 0.3 is 0 Å². The van der Waals surface area contributed by atoms with E-state index < -0.39 is 0 Å². The molecule has 2 aromatic carbocycles. The van der Waals surface area contributed by atoms with E-state index in [4.69, 9.17) is 0 Å². The van der Waals surface area contributed by atoms with E-state index in [2.05, 4.69) is 54.4 Å². The Morgan fingerprint density at radius 3 is 2.43 bits per heavy atom. The summed E-state index contributed by atoms with van der Waals surface area (Å²) in [4.78, 5) is 15.4. The summed E-state index contributed by atoms with van der Waals surface area (Å²) in [5.41, 5.74) is 6.25. The van der Waals surface area contributed by atoms with Crippen LogP contribution in [-0.2, 0) is 19.4 Å². The predicted molar refractivity (Wildman–Crippen MR) is 124 cm³/mol. The molecule has 2 aromatic rings. The summed E-state index contributed by atoms with van der Waals surface area (Å²) < 4.78 is 0. The van der Waals surface area contributed by atoms with Crippen molar-refractivity contribution in [3.05, 3.63) is 70.3 Å². The van der Waals surface area contributed by atoms with Gasteiger partial charge < -0.3 is 5.32 Å². The van der Waals surface area contributed by atoms with Gasteiger partial charge in [0.15, 0.2) is 0 Å². The van der Waals surface area contributed by atoms with E-state index >= 15 is 0 Å². The normalized spacial score (nSPS) is 18.6. The van der Waals surface area contributed by atoms with Crippen LogP contribution in [0.5, 0.6) is 0 Å². The van der Waals surface area contributed by atoms with Gasteiger partial charge in [0.05, 0.1) is 6.04 Å². The van der Waals surface area contributed by atoms with Gasteiger partial charge in [-0.05, 0) is 98.3 Å². The molecule has 160 valence electrons. The van der Waals surface area contributed by atoms with Gasteiger partial charge in [-0.15, -0.1) is 0 Å². The van der Waals surface area contributed by atoms with E-state index in [0.29, 0.717) is 0 Å². The van der Waals surface area contributed by atoms with Crippen molar-refractivity contribution in [2.45, 2.75) is 71.4 Å². The molecule has 4 rings (SSSR count). The molecule has 1 amide bonds. The Labute approximate surface area is 181 Å². The lowest BCUT2D eigenvalue weighted by molar-refractivity contribution is 0.0935. The van der Waals surface area contributed by atoms with E-state index in [1.54, 1.807) is 0 Å². The Kier molecular flexibility index (Phi) is 6.89. The SMILES string of the molecule is CC[C@@H](NC(=O)c1ccc(CN2CCC(C)CC2)cc1)c1ccc2c(c1)CCCC2. The summed E-state index contributed by atoms with van der Waals surface area (Å²) in [6.45, 7) is 7.84. The fourth-order valence-corrected chi connectivity index (χ4v) is 4.87. The lowest BCUT2D eigenvalue weighted by atomic mass is 9.88. The second-order valence-electron chi connectivity index (χ2n) is 9.33. The summed E-state index contributed by atoms with van der Waals surface area (Å²) in [5.74, 6) is 0.881. The van der Waals surface area contributed by atoms with Crippen LogP contribution in [0.3, 0.4) is 0 Å². The first-order valence-corrected chi connectivity index (χ1v) is 11.9. The number of rotatable bonds is 6. The number of hydrogen-bond donors (Lipinski definition) is 1. The Hall–Kier alpha value is -2.13. The average molecular weight is 405 g/mol. The molecule has 0 aromatic heterocycles. The first-order chi connectivity index (χ1) is 14.6. The topological polar surface area (TPSA) is 32.3 Å². The van der Waals surface area contributed by atoms with Gasteiger partial charge in [0, 0.05) is 12.1 Å². The van der Waals surface area contributed by atoms with Crippen molar-refractivity contribution >= 4 is 5.91 Å². The maximum Gasteiger partial charge on any atom is 0.251 e. The Morgan fingerprint density at radius 2 is 1.73 bits per heavy atom. The van der Waals surface area contributed by atoms with Gasteiger partial charge in [-0.1, -0.05) is 44.2 Å². The number of amides is 1. The first-order valence-electron chi connectivity index (χ1n) is 11.9. The first kappa shape index (κ1) is 21.1. The molecule has 0 spiro atoms. The number of fused-ring (bicyclic) bond motifs is 1. The summed E-state index contributed by atoms with van der Waals surface area (Å²) in [6, 6.07) is 15.1. The maximum atomic E-state index is 12.9. The van der Waals surface area contributed by atoms with E-state index in [1.165, 1.54) is 73.9 Å². The highest BCUT2D eigenvalue weighted by molar-refractivity contribution is 5.94. The Morgan fingerprint density at radius 1 is 1.03 bits per heavy atom. The third kappa shape index (κ3) is 5.13. The number of likely N-dealkylation sites (tertiary alicyclic amines) is 1. The number of carbonyl (C=O) groups excluding carboxylic acids is 1. The molecule has 1 aliphatic heterocycles. The minimum Gasteiger partial charge on any atom is -0.345 e. The molecule has 1 heterocycles. The van der Waals surface area contributed by atoms with E-state index in [1.807, 2.05) is 12.1 Å². The summed E-state index contributed by atoms with van der Waals surface area (Å²) in [5, 5.41) is 3.26. The molecule has 3 nitrogen and oxygen atoms in total. The Balaban J connectivity index is 1.37. The third-order valence-corrected chi connectivity index (χ3v) is 6.99. The zero-order valence-corrected chi connectivity index (χ0v) is 18.6. The summed E-state index contributed by atoms with van der Waals surface area (Å²) in [6.07, 6.45) is 8.43. The van der Waals surface area contributed by atoms with E-state index in [9.17, 15) is 4.79 Å². The van der Waals surface area contributed by atoms with Crippen LogP contribution < -0.4 is 5.32 Å². The molecule has 0 unspecified atom stereocenters. The molecule has 0 bridgehead atoms. The predicted octanol–water partition coefficient (Wildman–Crippen LogP) is 5.68. The van der Waals surface area contributed by atoms with Crippen LogP contribution in [0.4, 0.5) is 0 Å². The molecular weight excluding hydrogens is 368 g/mol. The monoisotopic (exact) mass is 404 g/mol. The molecular formula is C27H36N2O. The van der Waals surface area contributed by atoms with Crippen LogP contribution in [0.15, 0.2) is 42.5 Å². The molecule has 1 fully saturated rings.